The van der Waals surface area contributed by atoms with Crippen molar-refractivity contribution in [2.24, 2.45) is 23.0 Å². The van der Waals surface area contributed by atoms with Crippen LogP contribution in [-0.2, 0) is 9.53 Å². The fourth-order valence-corrected chi connectivity index (χ4v) is 3.11. The SMILES string of the molecule is CC1CC1.N#CCC1CCC2(CC1)COC2.NC(=O)c1cn[nH]c1NC=O. The summed E-state index contributed by atoms with van der Waals surface area (Å²) in [5, 5.41) is 16.7. The van der Waals surface area contributed by atoms with E-state index in [1.807, 2.05) is 0 Å². The normalized spacial score (nSPS) is 20.0. The van der Waals surface area contributed by atoms with Gasteiger partial charge in [0.25, 0.3) is 5.91 Å². The molecule has 3 fully saturated rings. The van der Waals surface area contributed by atoms with Gasteiger partial charge in [-0.3, -0.25) is 14.7 Å². The first kappa shape index (κ1) is 20.9. The lowest BCUT2D eigenvalue weighted by Gasteiger charge is -2.46. The Morgan fingerprint density at radius 3 is 2.48 bits per heavy atom. The lowest BCUT2D eigenvalue weighted by molar-refractivity contribution is -0.136. The van der Waals surface area contributed by atoms with Crippen molar-refractivity contribution in [2.45, 2.75) is 51.9 Å². The summed E-state index contributed by atoms with van der Waals surface area (Å²) >= 11 is 0. The van der Waals surface area contributed by atoms with Crippen LogP contribution in [0.1, 0.15) is 62.2 Å². The first-order valence-electron chi connectivity index (χ1n) is 9.47. The lowest BCUT2D eigenvalue weighted by atomic mass is 9.69. The summed E-state index contributed by atoms with van der Waals surface area (Å²) in [5.74, 6) is 1.34. The number of nitrogens with one attached hydrogen (secondary N) is 2. The van der Waals surface area contributed by atoms with Gasteiger partial charge in [-0.1, -0.05) is 19.8 Å². The number of nitrogens with zero attached hydrogens (tertiary/aromatic N) is 2. The summed E-state index contributed by atoms with van der Waals surface area (Å²) in [6, 6.07) is 2.27. The molecule has 1 aliphatic heterocycles. The van der Waals surface area contributed by atoms with Gasteiger partial charge in [0.15, 0.2) is 0 Å². The lowest BCUT2D eigenvalue weighted by Crippen LogP contribution is -2.45. The van der Waals surface area contributed by atoms with Crippen LogP contribution in [0.2, 0.25) is 0 Å². The second-order valence-electron chi connectivity index (χ2n) is 7.77. The van der Waals surface area contributed by atoms with E-state index in [-0.39, 0.29) is 11.4 Å². The third-order valence-corrected chi connectivity index (χ3v) is 5.34. The number of rotatable bonds is 4. The van der Waals surface area contributed by atoms with Crippen molar-refractivity contribution in [3.05, 3.63) is 11.8 Å². The largest absolute Gasteiger partial charge is 0.380 e. The molecule has 0 bridgehead atoms. The molecule has 2 heterocycles. The van der Waals surface area contributed by atoms with Crippen LogP contribution in [0.15, 0.2) is 6.20 Å². The quantitative estimate of drug-likeness (QED) is 0.695. The van der Waals surface area contributed by atoms with Crippen molar-refractivity contribution >= 4 is 18.1 Å². The molecule has 1 aromatic heterocycles. The molecule has 8 nitrogen and oxygen atoms in total. The smallest absolute Gasteiger partial charge is 0.254 e. The maximum Gasteiger partial charge on any atom is 0.254 e. The zero-order chi connectivity index (χ0) is 19.7. The monoisotopic (exact) mass is 375 g/mol. The number of H-pyrrole nitrogens is 1. The number of ether oxygens (including phenoxy) is 1. The number of anilines is 1. The van der Waals surface area contributed by atoms with Gasteiger partial charge in [0, 0.05) is 11.8 Å². The van der Waals surface area contributed by atoms with Gasteiger partial charge in [0.05, 0.1) is 25.5 Å². The van der Waals surface area contributed by atoms with Crippen molar-refractivity contribution in [2.75, 3.05) is 18.5 Å². The highest BCUT2D eigenvalue weighted by molar-refractivity contribution is 5.98. The molecule has 1 spiro atoms. The number of carbonyl (C=O) groups is 2. The predicted octanol–water partition coefficient (Wildman–Crippen LogP) is 2.60. The summed E-state index contributed by atoms with van der Waals surface area (Å²) in [7, 11) is 0. The molecule has 3 aliphatic rings. The molecular formula is C19H29N5O3. The number of carbonyl (C=O) groups excluding carboxylic acids is 2. The fraction of sp³-hybridized carbons (Fsp3) is 0.684. The summed E-state index contributed by atoms with van der Waals surface area (Å²) in [5.41, 5.74) is 5.65. The zero-order valence-electron chi connectivity index (χ0n) is 15.9. The molecular weight excluding hydrogens is 346 g/mol. The standard InChI is InChI=1S/C10H15NO.C5H6N4O2.C4H8/c11-6-3-9-1-4-10(5-2-9)7-12-8-10;6-4(11)3-1-8-9-5(3)7-2-10;1-4-2-3-4/h9H,1-5,7-8H2;1-2H,(H2,6,11)(H2,7,8,9,10);4H,2-3H2,1H3. The third kappa shape index (κ3) is 6.68. The molecule has 27 heavy (non-hydrogen) atoms. The predicted molar refractivity (Wildman–Crippen MR) is 101 cm³/mol. The second kappa shape index (κ2) is 10.1. The summed E-state index contributed by atoms with van der Waals surface area (Å²) in [6.07, 6.45) is 10.5. The van der Waals surface area contributed by atoms with E-state index >= 15 is 0 Å². The maximum atomic E-state index is 10.6. The number of hydrogen-bond donors (Lipinski definition) is 3. The van der Waals surface area contributed by atoms with Gasteiger partial charge in [-0.05, 0) is 37.5 Å². The number of nitriles is 1. The topological polar surface area (TPSA) is 134 Å². The molecule has 4 N–H and O–H groups in total. The Kier molecular flexibility index (Phi) is 7.80. The van der Waals surface area contributed by atoms with Crippen molar-refractivity contribution in [1.29, 1.82) is 5.26 Å². The zero-order valence-corrected chi connectivity index (χ0v) is 15.9. The van der Waals surface area contributed by atoms with Crippen LogP contribution in [0.5, 0.6) is 0 Å². The Morgan fingerprint density at radius 2 is 2.07 bits per heavy atom. The Morgan fingerprint density at radius 1 is 1.44 bits per heavy atom. The first-order chi connectivity index (χ1) is 13.0. The molecule has 2 amide bonds. The number of aromatic amines is 1. The highest BCUT2D eigenvalue weighted by Gasteiger charge is 2.41. The molecule has 2 aliphatic carbocycles. The Labute approximate surface area is 159 Å². The van der Waals surface area contributed by atoms with Gasteiger partial charge < -0.3 is 15.8 Å². The van der Waals surface area contributed by atoms with E-state index in [4.69, 9.17) is 15.7 Å². The van der Waals surface area contributed by atoms with Crippen molar-refractivity contribution in [3.63, 3.8) is 0 Å². The molecule has 0 atom stereocenters. The summed E-state index contributed by atoms with van der Waals surface area (Å²) < 4.78 is 5.25. The van der Waals surface area contributed by atoms with E-state index in [9.17, 15) is 9.59 Å². The minimum Gasteiger partial charge on any atom is -0.380 e. The van der Waals surface area contributed by atoms with Gasteiger partial charge in [-0.15, -0.1) is 0 Å². The minimum atomic E-state index is -0.636. The van der Waals surface area contributed by atoms with Crippen molar-refractivity contribution in [3.8, 4) is 6.07 Å². The van der Waals surface area contributed by atoms with Crippen LogP contribution in [0, 0.1) is 28.6 Å². The third-order valence-electron chi connectivity index (χ3n) is 5.34. The van der Waals surface area contributed by atoms with Gasteiger partial charge in [0.1, 0.15) is 11.4 Å². The number of hydrogen-bond acceptors (Lipinski definition) is 5. The maximum absolute atomic E-state index is 10.6. The molecule has 4 rings (SSSR count). The molecule has 0 aromatic carbocycles. The average Bonchev–Trinajstić information content (AvgIpc) is 3.26. The number of amides is 2. The second-order valence-corrected chi connectivity index (χ2v) is 7.77. The molecule has 0 radical (unpaired) electrons. The van der Waals surface area contributed by atoms with Crippen LogP contribution in [0.4, 0.5) is 5.82 Å². The fourth-order valence-electron chi connectivity index (χ4n) is 3.11. The number of nitrogens with two attached hydrogens (primary N) is 1. The van der Waals surface area contributed by atoms with E-state index in [1.165, 1.54) is 44.7 Å². The van der Waals surface area contributed by atoms with Crippen molar-refractivity contribution < 1.29 is 14.3 Å². The average molecular weight is 375 g/mol. The van der Waals surface area contributed by atoms with Gasteiger partial charge in [0.2, 0.25) is 6.41 Å². The molecule has 2 saturated carbocycles. The highest BCUT2D eigenvalue weighted by Crippen LogP contribution is 2.44. The Balaban J connectivity index is 0.000000161. The number of aromatic nitrogens is 2. The van der Waals surface area contributed by atoms with Crippen LogP contribution >= 0.6 is 0 Å². The molecule has 1 saturated heterocycles. The van der Waals surface area contributed by atoms with E-state index in [1.54, 1.807) is 0 Å². The summed E-state index contributed by atoms with van der Waals surface area (Å²) in [4.78, 5) is 20.5. The van der Waals surface area contributed by atoms with Crippen LogP contribution in [-0.4, -0.2) is 35.7 Å². The van der Waals surface area contributed by atoms with Gasteiger partial charge >= 0.3 is 0 Å². The highest BCUT2D eigenvalue weighted by atomic mass is 16.5. The minimum absolute atomic E-state index is 0.164. The Bertz CT molecular complexity index is 649. The van der Waals surface area contributed by atoms with Crippen LogP contribution in [0.25, 0.3) is 0 Å². The molecule has 1 aromatic rings. The molecule has 0 unspecified atom stereocenters. The van der Waals surface area contributed by atoms with E-state index in [0.717, 1.165) is 25.6 Å². The van der Waals surface area contributed by atoms with E-state index in [0.29, 0.717) is 17.7 Å². The van der Waals surface area contributed by atoms with Gasteiger partial charge in [-0.25, -0.2) is 0 Å². The summed E-state index contributed by atoms with van der Waals surface area (Å²) in [6.45, 7) is 4.23. The Hall–Kier alpha value is -2.40. The van der Waals surface area contributed by atoms with Crippen LogP contribution in [0.3, 0.4) is 0 Å². The molecule has 148 valence electrons. The van der Waals surface area contributed by atoms with Crippen molar-refractivity contribution in [1.82, 2.24) is 10.2 Å². The van der Waals surface area contributed by atoms with Gasteiger partial charge in [-0.2, -0.15) is 10.4 Å². The first-order valence-corrected chi connectivity index (χ1v) is 9.47. The van der Waals surface area contributed by atoms with E-state index in [2.05, 4.69) is 28.5 Å². The van der Waals surface area contributed by atoms with E-state index < -0.39 is 5.91 Å². The van der Waals surface area contributed by atoms with Crippen LogP contribution < -0.4 is 11.1 Å². The molecule has 8 heteroatoms. The number of primary amides is 1.